The number of hydrogen-bond acceptors (Lipinski definition) is 0. The average molecular weight is 293 g/mol. The fraction of sp³-hybridized carbons (Fsp3) is 1.00. The third-order valence-corrected chi connectivity index (χ3v) is 7.15. The van der Waals surface area contributed by atoms with E-state index in [1.54, 1.807) is 38.5 Å². The lowest BCUT2D eigenvalue weighted by Gasteiger charge is -2.43. The summed E-state index contributed by atoms with van der Waals surface area (Å²) in [6.45, 7) is 7.15. The minimum atomic E-state index is 0.740. The first-order valence-electron chi connectivity index (χ1n) is 10.2. The molecule has 2 saturated carbocycles. The van der Waals surface area contributed by atoms with Gasteiger partial charge in [0.05, 0.1) is 0 Å². The van der Waals surface area contributed by atoms with Gasteiger partial charge in [0.25, 0.3) is 0 Å². The van der Waals surface area contributed by atoms with Crippen LogP contribution in [0.3, 0.4) is 0 Å². The van der Waals surface area contributed by atoms with Crippen molar-refractivity contribution < 1.29 is 0 Å². The minimum absolute atomic E-state index is 0.740. The predicted octanol–water partition coefficient (Wildman–Crippen LogP) is 7.37. The zero-order valence-electron chi connectivity index (χ0n) is 15.1. The molecule has 2 aliphatic rings. The summed E-state index contributed by atoms with van der Waals surface area (Å²) < 4.78 is 0. The van der Waals surface area contributed by atoms with Crippen molar-refractivity contribution in [1.82, 2.24) is 0 Å². The van der Waals surface area contributed by atoms with Crippen molar-refractivity contribution in [1.29, 1.82) is 0 Å². The molecule has 0 N–H and O–H groups in total. The average Bonchev–Trinajstić information content (AvgIpc) is 2.54. The Morgan fingerprint density at radius 3 is 1.90 bits per heavy atom. The Bertz CT molecular complexity index is 264. The maximum absolute atomic E-state index is 2.44. The van der Waals surface area contributed by atoms with Crippen molar-refractivity contribution in [2.75, 3.05) is 0 Å². The third kappa shape index (κ3) is 4.73. The second-order valence-corrected chi connectivity index (χ2v) is 8.36. The topological polar surface area (TPSA) is 0 Å². The lowest BCUT2D eigenvalue weighted by molar-refractivity contribution is 0.0813. The SMILES string of the molecule is CCCCC1CCC([C@H]2CC[C@](CC)(CCC)CC2)CC1. The van der Waals surface area contributed by atoms with Crippen LogP contribution in [-0.2, 0) is 0 Å². The quantitative estimate of drug-likeness (QED) is 0.459. The smallest absolute Gasteiger partial charge is 0.0300 e. The molecule has 2 rings (SSSR count). The van der Waals surface area contributed by atoms with Gasteiger partial charge in [0.1, 0.15) is 0 Å². The van der Waals surface area contributed by atoms with Gasteiger partial charge in [-0.3, -0.25) is 0 Å². The Morgan fingerprint density at radius 1 is 0.762 bits per heavy atom. The van der Waals surface area contributed by atoms with Gasteiger partial charge in [-0.05, 0) is 68.1 Å². The summed E-state index contributed by atoms with van der Waals surface area (Å²) in [6.07, 6.45) is 21.1. The van der Waals surface area contributed by atoms with Gasteiger partial charge in [0.2, 0.25) is 0 Å². The molecule has 124 valence electrons. The molecule has 0 aromatic rings. The van der Waals surface area contributed by atoms with E-state index < -0.39 is 0 Å². The van der Waals surface area contributed by atoms with Crippen LogP contribution in [0.5, 0.6) is 0 Å². The van der Waals surface area contributed by atoms with Crippen molar-refractivity contribution in [3.63, 3.8) is 0 Å². The summed E-state index contributed by atoms with van der Waals surface area (Å²) in [4.78, 5) is 0. The van der Waals surface area contributed by atoms with E-state index in [0.717, 1.165) is 23.2 Å². The van der Waals surface area contributed by atoms with Crippen molar-refractivity contribution in [3.8, 4) is 0 Å². The van der Waals surface area contributed by atoms with Gasteiger partial charge in [-0.15, -0.1) is 0 Å². The first-order chi connectivity index (χ1) is 10.2. The Morgan fingerprint density at radius 2 is 1.38 bits per heavy atom. The molecule has 0 unspecified atom stereocenters. The summed E-state index contributed by atoms with van der Waals surface area (Å²) in [6, 6.07) is 0. The Balaban J connectivity index is 1.73. The van der Waals surface area contributed by atoms with Crippen LogP contribution in [0, 0.1) is 23.2 Å². The molecule has 0 atom stereocenters. The van der Waals surface area contributed by atoms with E-state index in [1.165, 1.54) is 51.4 Å². The maximum Gasteiger partial charge on any atom is -0.0300 e. The van der Waals surface area contributed by atoms with Gasteiger partial charge in [-0.25, -0.2) is 0 Å². The highest BCUT2D eigenvalue weighted by atomic mass is 14.4. The van der Waals surface area contributed by atoms with E-state index in [1.807, 2.05) is 0 Å². The van der Waals surface area contributed by atoms with Crippen molar-refractivity contribution in [2.24, 2.45) is 23.2 Å². The zero-order chi connectivity index (χ0) is 15.1. The van der Waals surface area contributed by atoms with Gasteiger partial charge < -0.3 is 0 Å². The molecule has 0 amide bonds. The lowest BCUT2D eigenvalue weighted by atomic mass is 9.62. The van der Waals surface area contributed by atoms with E-state index in [9.17, 15) is 0 Å². The molecule has 0 heteroatoms. The summed E-state index contributed by atoms with van der Waals surface area (Å²) >= 11 is 0. The van der Waals surface area contributed by atoms with E-state index >= 15 is 0 Å². The Labute approximate surface area is 134 Å². The molecule has 2 fully saturated rings. The van der Waals surface area contributed by atoms with Crippen LogP contribution in [0.15, 0.2) is 0 Å². The van der Waals surface area contributed by atoms with Crippen LogP contribution < -0.4 is 0 Å². The van der Waals surface area contributed by atoms with E-state index in [4.69, 9.17) is 0 Å². The predicted molar refractivity (Wildman–Crippen MR) is 94.6 cm³/mol. The van der Waals surface area contributed by atoms with Crippen LogP contribution in [0.4, 0.5) is 0 Å². The largest absolute Gasteiger partial charge is 0.0654 e. The molecule has 0 bridgehead atoms. The fourth-order valence-electron chi connectivity index (χ4n) is 5.48. The number of hydrogen-bond donors (Lipinski definition) is 0. The highest BCUT2D eigenvalue weighted by Crippen LogP contribution is 2.49. The second kappa shape index (κ2) is 8.59. The maximum atomic E-state index is 2.44. The van der Waals surface area contributed by atoms with Crippen LogP contribution in [0.2, 0.25) is 0 Å². The standard InChI is InChI=1S/C21H40/c1-4-7-8-18-9-11-19(12-10-18)20-13-16-21(6-3,15-5-2)17-14-20/h18-20H,4-17H2,1-3H3/t18?,19?,20-,21-. The van der Waals surface area contributed by atoms with Gasteiger partial charge in [-0.2, -0.15) is 0 Å². The third-order valence-electron chi connectivity index (χ3n) is 7.15. The van der Waals surface area contributed by atoms with Crippen LogP contribution in [0.25, 0.3) is 0 Å². The number of rotatable bonds is 7. The molecule has 0 aromatic carbocycles. The molecule has 0 spiro atoms. The summed E-state index contributed by atoms with van der Waals surface area (Å²) in [5, 5.41) is 0. The first kappa shape index (κ1) is 17.4. The number of unbranched alkanes of at least 4 members (excludes halogenated alkanes) is 1. The van der Waals surface area contributed by atoms with Crippen LogP contribution >= 0.6 is 0 Å². The molecule has 2 aliphatic carbocycles. The van der Waals surface area contributed by atoms with Crippen molar-refractivity contribution >= 4 is 0 Å². The minimum Gasteiger partial charge on any atom is -0.0654 e. The molecular weight excluding hydrogens is 252 g/mol. The van der Waals surface area contributed by atoms with Gasteiger partial charge >= 0.3 is 0 Å². The van der Waals surface area contributed by atoms with Gasteiger partial charge in [0, 0.05) is 0 Å². The zero-order valence-corrected chi connectivity index (χ0v) is 15.1. The molecule has 21 heavy (non-hydrogen) atoms. The summed E-state index contributed by atoms with van der Waals surface area (Å²) in [5.74, 6) is 3.27. The molecule has 0 aromatic heterocycles. The second-order valence-electron chi connectivity index (χ2n) is 8.36. The highest BCUT2D eigenvalue weighted by molar-refractivity contribution is 4.88. The van der Waals surface area contributed by atoms with E-state index in [-0.39, 0.29) is 0 Å². The highest BCUT2D eigenvalue weighted by Gasteiger charge is 2.36. The normalized spacial score (nSPS) is 37.6. The molecule has 0 heterocycles. The van der Waals surface area contributed by atoms with Gasteiger partial charge in [-0.1, -0.05) is 65.7 Å². The fourth-order valence-corrected chi connectivity index (χ4v) is 5.48. The van der Waals surface area contributed by atoms with Crippen LogP contribution in [-0.4, -0.2) is 0 Å². The molecule has 0 saturated heterocycles. The van der Waals surface area contributed by atoms with Gasteiger partial charge in [0.15, 0.2) is 0 Å². The summed E-state index contributed by atoms with van der Waals surface area (Å²) in [7, 11) is 0. The lowest BCUT2D eigenvalue weighted by Crippen LogP contribution is -2.31. The van der Waals surface area contributed by atoms with Crippen molar-refractivity contribution in [3.05, 3.63) is 0 Å². The van der Waals surface area contributed by atoms with E-state index in [0.29, 0.717) is 0 Å². The van der Waals surface area contributed by atoms with Crippen molar-refractivity contribution in [2.45, 2.75) is 111 Å². The molecular formula is C21H40. The molecule has 0 nitrogen and oxygen atoms in total. The van der Waals surface area contributed by atoms with E-state index in [2.05, 4.69) is 20.8 Å². The monoisotopic (exact) mass is 292 g/mol. The first-order valence-corrected chi connectivity index (χ1v) is 10.2. The Kier molecular flexibility index (Phi) is 7.10. The Hall–Kier alpha value is 0. The molecule has 0 radical (unpaired) electrons. The van der Waals surface area contributed by atoms with Crippen LogP contribution in [0.1, 0.15) is 111 Å². The summed E-state index contributed by atoms with van der Waals surface area (Å²) in [5.41, 5.74) is 0.740. The molecule has 0 aliphatic heterocycles.